The van der Waals surface area contributed by atoms with Gasteiger partial charge in [-0.2, -0.15) is 0 Å². The van der Waals surface area contributed by atoms with E-state index < -0.39 is 18.5 Å². The first-order valence-electron chi connectivity index (χ1n) is 5.69. The number of carbonyl (C=O) groups excluding carboxylic acids is 2. The number of rotatable bonds is 5. The van der Waals surface area contributed by atoms with Gasteiger partial charge in [0, 0.05) is 0 Å². The van der Waals surface area contributed by atoms with Crippen LogP contribution in [-0.4, -0.2) is 25.2 Å². The zero-order valence-corrected chi connectivity index (χ0v) is 10.4. The Labute approximate surface area is 105 Å². The number of ether oxygens (including phenoxy) is 2. The third kappa shape index (κ3) is 3.30. The molecule has 0 fully saturated rings. The monoisotopic (exact) mass is 251 g/mol. The molecule has 1 aromatic carbocycles. The second-order valence-corrected chi connectivity index (χ2v) is 3.47. The molecule has 5 nitrogen and oxygen atoms in total. The van der Waals surface area contributed by atoms with Crippen molar-refractivity contribution in [1.29, 1.82) is 0 Å². The second kappa shape index (κ2) is 6.76. The van der Waals surface area contributed by atoms with E-state index in [1.54, 1.807) is 13.8 Å². The zero-order chi connectivity index (χ0) is 13.5. The maximum Gasteiger partial charge on any atom is 0.339 e. The minimum Gasteiger partial charge on any atom is -0.462 e. The van der Waals surface area contributed by atoms with Crippen LogP contribution in [0, 0.1) is 0 Å². The lowest BCUT2D eigenvalue weighted by Gasteiger charge is -2.09. The molecule has 0 N–H and O–H groups in total. The summed E-state index contributed by atoms with van der Waals surface area (Å²) >= 11 is 0. The maximum atomic E-state index is 11.7. The van der Waals surface area contributed by atoms with E-state index in [-0.39, 0.29) is 24.3 Å². The van der Waals surface area contributed by atoms with Crippen molar-refractivity contribution in [3.8, 4) is 0 Å². The van der Waals surface area contributed by atoms with Crippen LogP contribution in [0.25, 0.3) is 0 Å². The Morgan fingerprint density at radius 2 is 1.56 bits per heavy atom. The molecule has 0 saturated heterocycles. The van der Waals surface area contributed by atoms with Crippen LogP contribution in [0.1, 0.15) is 40.1 Å². The Kier molecular flexibility index (Phi) is 5.32. The molecule has 0 atom stereocenters. The molecule has 97 valence electrons. The van der Waals surface area contributed by atoms with E-state index in [0.717, 1.165) is 0 Å². The summed E-state index contributed by atoms with van der Waals surface area (Å²) in [5, 5.41) is 10.8. The normalized spacial score (nSPS) is 9.94. The lowest BCUT2D eigenvalue weighted by molar-refractivity contribution is 0.0478. The van der Waals surface area contributed by atoms with Crippen molar-refractivity contribution in [3.05, 3.63) is 34.9 Å². The number of hydrogen-bond donors (Lipinski definition) is 0. The van der Waals surface area contributed by atoms with Crippen LogP contribution in [0.2, 0.25) is 0 Å². The SMILES string of the molecule is CCOC(=O)c1ccc(C[O])cc1C(=O)OCC. The molecule has 0 heterocycles. The average molecular weight is 251 g/mol. The summed E-state index contributed by atoms with van der Waals surface area (Å²) in [4.78, 5) is 23.4. The molecule has 0 spiro atoms. The Bertz CT molecular complexity index is 439. The predicted molar refractivity (Wildman–Crippen MR) is 62.7 cm³/mol. The van der Waals surface area contributed by atoms with Crippen LogP contribution < -0.4 is 0 Å². The quantitative estimate of drug-likeness (QED) is 0.750. The molecule has 0 saturated carbocycles. The maximum absolute atomic E-state index is 11.7. The highest BCUT2D eigenvalue weighted by atomic mass is 16.5. The van der Waals surface area contributed by atoms with Gasteiger partial charge in [0.1, 0.15) is 6.61 Å². The van der Waals surface area contributed by atoms with Crippen molar-refractivity contribution in [2.24, 2.45) is 0 Å². The molecular formula is C13H15O5. The molecule has 0 aliphatic rings. The van der Waals surface area contributed by atoms with Gasteiger partial charge in [-0.1, -0.05) is 6.07 Å². The summed E-state index contributed by atoms with van der Waals surface area (Å²) in [6.45, 7) is 3.29. The molecule has 0 aliphatic carbocycles. The van der Waals surface area contributed by atoms with Crippen LogP contribution in [0.3, 0.4) is 0 Å². The third-order valence-corrected chi connectivity index (χ3v) is 2.24. The van der Waals surface area contributed by atoms with Crippen molar-refractivity contribution < 1.29 is 24.2 Å². The van der Waals surface area contributed by atoms with Gasteiger partial charge in [0.25, 0.3) is 0 Å². The smallest absolute Gasteiger partial charge is 0.339 e. The van der Waals surface area contributed by atoms with Gasteiger partial charge in [-0.3, -0.25) is 0 Å². The molecule has 0 unspecified atom stereocenters. The van der Waals surface area contributed by atoms with E-state index in [2.05, 4.69) is 0 Å². The Hall–Kier alpha value is -1.88. The summed E-state index contributed by atoms with van der Waals surface area (Å²) in [6, 6.07) is 4.29. The number of benzene rings is 1. The zero-order valence-electron chi connectivity index (χ0n) is 10.4. The van der Waals surface area contributed by atoms with Crippen molar-refractivity contribution >= 4 is 11.9 Å². The van der Waals surface area contributed by atoms with Gasteiger partial charge in [-0.15, -0.1) is 0 Å². The summed E-state index contributed by atoms with van der Waals surface area (Å²) in [5.74, 6) is -1.23. The Morgan fingerprint density at radius 1 is 1.00 bits per heavy atom. The minimum absolute atomic E-state index is 0.0728. The van der Waals surface area contributed by atoms with Gasteiger partial charge in [-0.25, -0.2) is 14.7 Å². The topological polar surface area (TPSA) is 72.5 Å². The van der Waals surface area contributed by atoms with Gasteiger partial charge in [0.2, 0.25) is 0 Å². The average Bonchev–Trinajstić information content (AvgIpc) is 2.38. The fourth-order valence-corrected chi connectivity index (χ4v) is 1.45. The molecule has 0 aliphatic heterocycles. The van der Waals surface area contributed by atoms with E-state index >= 15 is 0 Å². The molecule has 0 aromatic heterocycles. The fourth-order valence-electron chi connectivity index (χ4n) is 1.45. The van der Waals surface area contributed by atoms with Gasteiger partial charge in [-0.05, 0) is 31.5 Å². The molecule has 5 heteroatoms. The molecule has 18 heavy (non-hydrogen) atoms. The lowest BCUT2D eigenvalue weighted by Crippen LogP contribution is -2.14. The minimum atomic E-state index is -0.629. The van der Waals surface area contributed by atoms with Gasteiger partial charge < -0.3 is 9.47 Å². The number of hydrogen-bond acceptors (Lipinski definition) is 4. The van der Waals surface area contributed by atoms with Crippen LogP contribution in [0.4, 0.5) is 0 Å². The number of esters is 2. The molecule has 1 radical (unpaired) electrons. The van der Waals surface area contributed by atoms with E-state index in [4.69, 9.17) is 9.47 Å². The van der Waals surface area contributed by atoms with Crippen molar-refractivity contribution in [2.75, 3.05) is 13.2 Å². The molecule has 1 aromatic rings. The first-order chi connectivity index (χ1) is 8.63. The Morgan fingerprint density at radius 3 is 2.06 bits per heavy atom. The van der Waals surface area contributed by atoms with Crippen LogP contribution >= 0.6 is 0 Å². The summed E-state index contributed by atoms with van der Waals surface area (Å²) in [7, 11) is 0. The lowest BCUT2D eigenvalue weighted by atomic mass is 10.0. The number of carbonyl (C=O) groups is 2. The van der Waals surface area contributed by atoms with Crippen molar-refractivity contribution in [3.63, 3.8) is 0 Å². The van der Waals surface area contributed by atoms with Crippen LogP contribution in [0.15, 0.2) is 18.2 Å². The largest absolute Gasteiger partial charge is 0.462 e. The van der Waals surface area contributed by atoms with E-state index in [1.807, 2.05) is 0 Å². The standard InChI is InChI=1S/C13H15O5/c1-3-17-12(15)10-6-5-9(8-14)7-11(10)13(16)18-4-2/h5-7H,3-4,8H2,1-2H3. The van der Waals surface area contributed by atoms with Gasteiger partial charge in [0.05, 0.1) is 24.3 Å². The highest BCUT2D eigenvalue weighted by Crippen LogP contribution is 2.15. The molecule has 0 amide bonds. The third-order valence-electron chi connectivity index (χ3n) is 2.24. The summed E-state index contributed by atoms with van der Waals surface area (Å²) in [6.07, 6.45) is 0. The summed E-state index contributed by atoms with van der Waals surface area (Å²) < 4.78 is 9.69. The first-order valence-corrected chi connectivity index (χ1v) is 5.69. The first kappa shape index (κ1) is 14.2. The second-order valence-electron chi connectivity index (χ2n) is 3.47. The van der Waals surface area contributed by atoms with E-state index in [1.165, 1.54) is 18.2 Å². The summed E-state index contributed by atoms with van der Waals surface area (Å²) in [5.41, 5.74) is 0.613. The van der Waals surface area contributed by atoms with Crippen molar-refractivity contribution in [1.82, 2.24) is 0 Å². The Balaban J connectivity index is 3.15. The highest BCUT2D eigenvalue weighted by Gasteiger charge is 2.19. The fraction of sp³-hybridized carbons (Fsp3) is 0.385. The van der Waals surface area contributed by atoms with Crippen LogP contribution in [-0.2, 0) is 21.2 Å². The van der Waals surface area contributed by atoms with E-state index in [0.29, 0.717) is 5.56 Å². The molecule has 0 bridgehead atoms. The van der Waals surface area contributed by atoms with Gasteiger partial charge >= 0.3 is 11.9 Å². The van der Waals surface area contributed by atoms with E-state index in [9.17, 15) is 14.7 Å². The predicted octanol–water partition coefficient (Wildman–Crippen LogP) is 1.97. The van der Waals surface area contributed by atoms with Crippen molar-refractivity contribution in [2.45, 2.75) is 20.5 Å². The van der Waals surface area contributed by atoms with Crippen LogP contribution in [0.5, 0.6) is 0 Å². The molecule has 1 rings (SSSR count). The van der Waals surface area contributed by atoms with Gasteiger partial charge in [0.15, 0.2) is 0 Å². The highest BCUT2D eigenvalue weighted by molar-refractivity contribution is 6.03. The molecular weight excluding hydrogens is 236 g/mol.